The normalized spacial score (nSPS) is 19.9. The standard InChI is InChI=1S/C16H21NO2/c1-4-11(2)12-5-7-13(8-6-12)16(3)9-14(18)17-15(19)10-16/h5-8,11H,4,9-10H2,1-3H3,(H,17,18,19). The van der Waals surface area contributed by atoms with Crippen molar-refractivity contribution in [3.8, 4) is 0 Å². The van der Waals surface area contributed by atoms with Crippen LogP contribution in [0.3, 0.4) is 0 Å². The molecule has 3 heteroatoms. The number of rotatable bonds is 3. The van der Waals surface area contributed by atoms with Crippen LogP contribution in [0.4, 0.5) is 0 Å². The predicted molar refractivity (Wildman–Crippen MR) is 74.9 cm³/mol. The van der Waals surface area contributed by atoms with Crippen molar-refractivity contribution in [1.29, 1.82) is 0 Å². The Kier molecular flexibility index (Phi) is 3.74. The summed E-state index contributed by atoms with van der Waals surface area (Å²) in [4.78, 5) is 23.1. The highest BCUT2D eigenvalue weighted by Crippen LogP contribution is 2.34. The second-order valence-electron chi connectivity index (χ2n) is 5.82. The second-order valence-corrected chi connectivity index (χ2v) is 5.82. The predicted octanol–water partition coefficient (Wildman–Crippen LogP) is 2.89. The van der Waals surface area contributed by atoms with Gasteiger partial charge in [0.25, 0.3) is 0 Å². The van der Waals surface area contributed by atoms with E-state index in [1.807, 2.05) is 6.92 Å². The lowest BCUT2D eigenvalue weighted by atomic mass is 9.74. The first-order valence-corrected chi connectivity index (χ1v) is 6.88. The van der Waals surface area contributed by atoms with Gasteiger partial charge in [0.2, 0.25) is 11.8 Å². The maximum atomic E-state index is 11.6. The fraction of sp³-hybridized carbons (Fsp3) is 0.500. The molecule has 1 aliphatic heterocycles. The molecule has 0 bridgehead atoms. The number of imide groups is 1. The Morgan fingerprint density at radius 3 is 2.16 bits per heavy atom. The Morgan fingerprint density at radius 1 is 1.16 bits per heavy atom. The number of hydrogen-bond acceptors (Lipinski definition) is 2. The first-order valence-electron chi connectivity index (χ1n) is 6.88. The van der Waals surface area contributed by atoms with E-state index in [-0.39, 0.29) is 17.2 Å². The molecule has 1 saturated heterocycles. The molecule has 2 rings (SSSR count). The molecule has 1 aliphatic rings. The summed E-state index contributed by atoms with van der Waals surface area (Å²) in [6.07, 6.45) is 1.86. The van der Waals surface area contributed by atoms with Crippen molar-refractivity contribution in [2.24, 2.45) is 0 Å². The Hall–Kier alpha value is -1.64. The van der Waals surface area contributed by atoms with Crippen molar-refractivity contribution >= 4 is 11.8 Å². The molecule has 2 amide bonds. The number of benzene rings is 1. The van der Waals surface area contributed by atoms with Gasteiger partial charge in [-0.2, -0.15) is 0 Å². The van der Waals surface area contributed by atoms with Gasteiger partial charge in [-0.05, 0) is 23.5 Å². The SMILES string of the molecule is CCC(C)c1ccc(C2(C)CC(=O)NC(=O)C2)cc1. The van der Waals surface area contributed by atoms with Crippen LogP contribution in [0.25, 0.3) is 0 Å². The fourth-order valence-corrected chi connectivity index (χ4v) is 2.67. The van der Waals surface area contributed by atoms with Gasteiger partial charge in [-0.25, -0.2) is 0 Å². The lowest BCUT2D eigenvalue weighted by Gasteiger charge is -2.32. The molecule has 0 saturated carbocycles. The van der Waals surface area contributed by atoms with Crippen LogP contribution in [-0.4, -0.2) is 11.8 Å². The molecule has 0 aliphatic carbocycles. The van der Waals surface area contributed by atoms with E-state index >= 15 is 0 Å². The van der Waals surface area contributed by atoms with Crippen LogP contribution < -0.4 is 5.32 Å². The highest BCUT2D eigenvalue weighted by Gasteiger charge is 2.36. The van der Waals surface area contributed by atoms with Gasteiger partial charge < -0.3 is 0 Å². The third-order valence-electron chi connectivity index (χ3n) is 4.17. The van der Waals surface area contributed by atoms with Gasteiger partial charge in [0, 0.05) is 18.3 Å². The summed E-state index contributed by atoms with van der Waals surface area (Å²) in [5, 5.41) is 2.37. The van der Waals surface area contributed by atoms with E-state index in [4.69, 9.17) is 0 Å². The van der Waals surface area contributed by atoms with E-state index < -0.39 is 0 Å². The zero-order valence-corrected chi connectivity index (χ0v) is 11.8. The molecular formula is C16H21NO2. The molecule has 102 valence electrons. The molecular weight excluding hydrogens is 238 g/mol. The lowest BCUT2D eigenvalue weighted by molar-refractivity contribution is -0.135. The van der Waals surface area contributed by atoms with E-state index in [9.17, 15) is 9.59 Å². The van der Waals surface area contributed by atoms with Crippen molar-refractivity contribution < 1.29 is 9.59 Å². The van der Waals surface area contributed by atoms with Crippen LogP contribution in [0.1, 0.15) is 57.1 Å². The quantitative estimate of drug-likeness (QED) is 0.848. The number of hydrogen-bond donors (Lipinski definition) is 1. The molecule has 1 aromatic carbocycles. The van der Waals surface area contributed by atoms with Crippen LogP contribution in [0.15, 0.2) is 24.3 Å². The summed E-state index contributed by atoms with van der Waals surface area (Å²) < 4.78 is 0. The van der Waals surface area contributed by atoms with E-state index in [0.29, 0.717) is 18.8 Å². The van der Waals surface area contributed by atoms with E-state index in [2.05, 4.69) is 43.4 Å². The van der Waals surface area contributed by atoms with Gasteiger partial charge in [-0.3, -0.25) is 14.9 Å². The monoisotopic (exact) mass is 259 g/mol. The maximum absolute atomic E-state index is 11.6. The molecule has 1 aromatic rings. The van der Waals surface area contributed by atoms with Crippen LogP contribution in [0.2, 0.25) is 0 Å². The van der Waals surface area contributed by atoms with E-state index in [1.165, 1.54) is 5.56 Å². The molecule has 3 nitrogen and oxygen atoms in total. The first kappa shape index (κ1) is 13.8. The highest BCUT2D eigenvalue weighted by atomic mass is 16.2. The van der Waals surface area contributed by atoms with Gasteiger partial charge in [0.05, 0.1) is 0 Å². The smallest absolute Gasteiger partial charge is 0.227 e. The minimum atomic E-state index is -0.368. The van der Waals surface area contributed by atoms with Crippen LogP contribution in [0, 0.1) is 0 Å². The minimum absolute atomic E-state index is 0.176. The average Bonchev–Trinajstić information content (AvgIpc) is 2.36. The summed E-state index contributed by atoms with van der Waals surface area (Å²) in [7, 11) is 0. The zero-order valence-electron chi connectivity index (χ0n) is 11.8. The molecule has 1 N–H and O–H groups in total. The Morgan fingerprint density at radius 2 is 1.68 bits per heavy atom. The van der Waals surface area contributed by atoms with Gasteiger partial charge in [0.1, 0.15) is 0 Å². The van der Waals surface area contributed by atoms with Crippen molar-refractivity contribution in [3.05, 3.63) is 35.4 Å². The molecule has 0 aromatic heterocycles. The third-order valence-corrected chi connectivity index (χ3v) is 4.17. The zero-order chi connectivity index (χ0) is 14.0. The number of amides is 2. The van der Waals surface area contributed by atoms with E-state index in [1.54, 1.807) is 0 Å². The van der Waals surface area contributed by atoms with Crippen LogP contribution in [0.5, 0.6) is 0 Å². The molecule has 0 spiro atoms. The highest BCUT2D eigenvalue weighted by molar-refractivity contribution is 5.99. The maximum Gasteiger partial charge on any atom is 0.227 e. The summed E-state index contributed by atoms with van der Waals surface area (Å²) in [6, 6.07) is 8.36. The largest absolute Gasteiger partial charge is 0.296 e. The minimum Gasteiger partial charge on any atom is -0.296 e. The van der Waals surface area contributed by atoms with Gasteiger partial charge in [0.15, 0.2) is 0 Å². The van der Waals surface area contributed by atoms with Gasteiger partial charge >= 0.3 is 0 Å². The van der Waals surface area contributed by atoms with Gasteiger partial charge in [-0.1, -0.05) is 45.0 Å². The van der Waals surface area contributed by atoms with E-state index in [0.717, 1.165) is 12.0 Å². The molecule has 0 radical (unpaired) electrons. The third kappa shape index (κ3) is 2.86. The summed E-state index contributed by atoms with van der Waals surface area (Å²) >= 11 is 0. The summed E-state index contributed by atoms with van der Waals surface area (Å²) in [5.41, 5.74) is 2.01. The number of carbonyl (C=O) groups excluding carboxylic acids is 2. The average molecular weight is 259 g/mol. The van der Waals surface area contributed by atoms with Crippen molar-refractivity contribution in [2.45, 2.75) is 51.4 Å². The van der Waals surface area contributed by atoms with Crippen molar-refractivity contribution in [3.63, 3.8) is 0 Å². The Balaban J connectivity index is 2.25. The fourth-order valence-electron chi connectivity index (χ4n) is 2.67. The first-order chi connectivity index (χ1) is 8.94. The summed E-state index contributed by atoms with van der Waals surface area (Å²) in [5.74, 6) is 0.188. The summed E-state index contributed by atoms with van der Waals surface area (Å²) in [6.45, 7) is 6.36. The number of carbonyl (C=O) groups is 2. The van der Waals surface area contributed by atoms with Crippen LogP contribution >= 0.6 is 0 Å². The van der Waals surface area contributed by atoms with Crippen molar-refractivity contribution in [2.75, 3.05) is 0 Å². The Bertz CT molecular complexity index is 474. The van der Waals surface area contributed by atoms with Crippen molar-refractivity contribution in [1.82, 2.24) is 5.32 Å². The lowest BCUT2D eigenvalue weighted by Crippen LogP contribution is -2.45. The topological polar surface area (TPSA) is 46.2 Å². The molecule has 1 fully saturated rings. The van der Waals surface area contributed by atoms with Gasteiger partial charge in [-0.15, -0.1) is 0 Å². The molecule has 1 atom stereocenters. The molecule has 19 heavy (non-hydrogen) atoms. The second kappa shape index (κ2) is 5.16. The Labute approximate surface area is 114 Å². The number of nitrogens with one attached hydrogen (secondary N) is 1. The van der Waals surface area contributed by atoms with Crippen LogP contribution in [-0.2, 0) is 15.0 Å². The molecule has 1 heterocycles. The molecule has 1 unspecified atom stereocenters. The number of piperidine rings is 1.